The van der Waals surface area contributed by atoms with Gasteiger partial charge in [0.15, 0.2) is 9.84 Å². The van der Waals surface area contributed by atoms with Gasteiger partial charge in [-0.15, -0.1) is 0 Å². The van der Waals surface area contributed by atoms with E-state index in [1.807, 2.05) is 0 Å². The molecule has 0 aromatic heterocycles. The van der Waals surface area contributed by atoms with Gasteiger partial charge in [-0.25, -0.2) is 13.2 Å². The molecular formula is C13H18N2O5S. The Bertz CT molecular complexity index is 674. The number of carbonyl (C=O) groups is 2. The predicted octanol–water partition coefficient (Wildman–Crippen LogP) is 0.552. The van der Waals surface area contributed by atoms with Gasteiger partial charge in [-0.3, -0.25) is 4.79 Å². The van der Waals surface area contributed by atoms with Gasteiger partial charge in [-0.2, -0.15) is 0 Å². The van der Waals surface area contributed by atoms with E-state index in [2.05, 4.69) is 10.1 Å². The van der Waals surface area contributed by atoms with Crippen molar-refractivity contribution in [1.82, 2.24) is 0 Å². The Morgan fingerprint density at radius 3 is 2.24 bits per heavy atom. The Morgan fingerprint density at radius 2 is 1.81 bits per heavy atom. The van der Waals surface area contributed by atoms with Crippen LogP contribution >= 0.6 is 0 Å². The maximum absolute atomic E-state index is 11.8. The average molecular weight is 314 g/mol. The lowest BCUT2D eigenvalue weighted by molar-refractivity contribution is -0.120. The van der Waals surface area contributed by atoms with E-state index in [1.54, 1.807) is 0 Å². The smallest absolute Gasteiger partial charge is 0.337 e. The quantitative estimate of drug-likeness (QED) is 0.784. The summed E-state index contributed by atoms with van der Waals surface area (Å²) in [5.74, 6) is -1.22. The van der Waals surface area contributed by atoms with E-state index >= 15 is 0 Å². The molecule has 1 aromatic carbocycles. The van der Waals surface area contributed by atoms with E-state index in [4.69, 9.17) is 5.73 Å². The number of anilines is 1. The van der Waals surface area contributed by atoms with Crippen LogP contribution < -0.4 is 11.1 Å². The third kappa shape index (κ3) is 4.54. The number of esters is 1. The van der Waals surface area contributed by atoms with Gasteiger partial charge in [0.2, 0.25) is 5.91 Å². The number of nitrogens with one attached hydrogen (secondary N) is 1. The van der Waals surface area contributed by atoms with Gasteiger partial charge in [-0.1, -0.05) is 0 Å². The molecule has 0 aliphatic carbocycles. The topological polar surface area (TPSA) is 116 Å². The summed E-state index contributed by atoms with van der Waals surface area (Å²) in [5.41, 5.74) is 4.68. The lowest BCUT2D eigenvalue weighted by Gasteiger charge is -2.18. The number of benzene rings is 1. The van der Waals surface area contributed by atoms with Crippen LogP contribution in [0.5, 0.6) is 0 Å². The Balaban J connectivity index is 3.33. The highest BCUT2D eigenvalue weighted by atomic mass is 32.2. The molecule has 3 N–H and O–H groups in total. The first-order chi connectivity index (χ1) is 9.45. The third-order valence-electron chi connectivity index (χ3n) is 2.60. The van der Waals surface area contributed by atoms with Gasteiger partial charge >= 0.3 is 5.97 Å². The van der Waals surface area contributed by atoms with Crippen LogP contribution in [0.15, 0.2) is 23.1 Å². The minimum absolute atomic E-state index is 0.0190. The van der Waals surface area contributed by atoms with Crippen molar-refractivity contribution in [3.8, 4) is 0 Å². The molecule has 0 aliphatic rings. The van der Waals surface area contributed by atoms with Gasteiger partial charge in [0, 0.05) is 11.9 Å². The zero-order valence-electron chi connectivity index (χ0n) is 12.3. The molecule has 0 aliphatic heterocycles. The summed E-state index contributed by atoms with van der Waals surface area (Å²) in [4.78, 5) is 23.3. The highest BCUT2D eigenvalue weighted by Gasteiger charge is 2.23. The van der Waals surface area contributed by atoms with Crippen molar-refractivity contribution in [2.24, 2.45) is 5.73 Å². The zero-order chi connectivity index (χ0) is 16.4. The molecule has 1 rings (SSSR count). The Kier molecular flexibility index (Phi) is 4.75. The number of hydrogen-bond donors (Lipinski definition) is 2. The Labute approximate surface area is 123 Å². The summed E-state index contributed by atoms with van der Waals surface area (Å²) in [6.07, 6.45) is 1.00. The maximum atomic E-state index is 11.8. The second kappa shape index (κ2) is 5.82. The molecular weight excluding hydrogens is 296 g/mol. The summed E-state index contributed by atoms with van der Waals surface area (Å²) in [6, 6.07) is 3.76. The van der Waals surface area contributed by atoms with Crippen molar-refractivity contribution in [2.75, 3.05) is 18.7 Å². The Hall–Kier alpha value is -1.93. The van der Waals surface area contributed by atoms with Crippen molar-refractivity contribution < 1.29 is 22.7 Å². The summed E-state index contributed by atoms with van der Waals surface area (Å²) in [6.45, 7) is 3.01. The number of carbonyl (C=O) groups excluding carboxylic acids is 2. The normalized spacial score (nSPS) is 11.9. The molecule has 21 heavy (non-hydrogen) atoms. The van der Waals surface area contributed by atoms with Crippen molar-refractivity contribution in [3.63, 3.8) is 0 Å². The standard InChI is InChI=1S/C13H18N2O5S/c1-13(2,14)12(17)15-9-5-8(11(16)20-3)6-10(7-9)21(4,18)19/h5-7H,14H2,1-4H3,(H,15,17). The fraction of sp³-hybridized carbons (Fsp3) is 0.385. The first-order valence-electron chi connectivity index (χ1n) is 5.99. The van der Waals surface area contributed by atoms with Crippen molar-refractivity contribution >= 4 is 27.4 Å². The number of sulfone groups is 1. The maximum Gasteiger partial charge on any atom is 0.337 e. The summed E-state index contributed by atoms with van der Waals surface area (Å²) in [7, 11) is -2.37. The molecule has 116 valence electrons. The van der Waals surface area contributed by atoms with Crippen molar-refractivity contribution in [1.29, 1.82) is 0 Å². The van der Waals surface area contributed by atoms with Crippen molar-refractivity contribution in [3.05, 3.63) is 23.8 Å². The highest BCUT2D eigenvalue weighted by Crippen LogP contribution is 2.20. The number of nitrogens with two attached hydrogens (primary N) is 1. The Morgan fingerprint density at radius 1 is 1.24 bits per heavy atom. The van der Waals surface area contributed by atoms with Gasteiger partial charge in [0.25, 0.3) is 0 Å². The first-order valence-corrected chi connectivity index (χ1v) is 7.88. The van der Waals surface area contributed by atoms with Crippen LogP contribution in [0.2, 0.25) is 0 Å². The van der Waals surface area contributed by atoms with Crippen molar-refractivity contribution in [2.45, 2.75) is 24.3 Å². The monoisotopic (exact) mass is 314 g/mol. The van der Waals surface area contributed by atoms with E-state index in [-0.39, 0.29) is 16.1 Å². The van der Waals surface area contributed by atoms with Crippen LogP contribution in [-0.4, -0.2) is 39.2 Å². The van der Waals surface area contributed by atoms with E-state index in [0.717, 1.165) is 6.26 Å². The minimum Gasteiger partial charge on any atom is -0.465 e. The lowest BCUT2D eigenvalue weighted by atomic mass is 10.1. The molecule has 7 nitrogen and oxygen atoms in total. The second-order valence-corrected chi connectivity index (χ2v) is 7.20. The molecule has 0 heterocycles. The van der Waals surface area contributed by atoms with Gasteiger partial charge in [0.1, 0.15) is 0 Å². The van der Waals surface area contributed by atoms with Gasteiger partial charge < -0.3 is 15.8 Å². The van der Waals surface area contributed by atoms with E-state index in [9.17, 15) is 18.0 Å². The second-order valence-electron chi connectivity index (χ2n) is 5.19. The van der Waals surface area contributed by atoms with E-state index < -0.39 is 27.3 Å². The zero-order valence-corrected chi connectivity index (χ0v) is 13.1. The highest BCUT2D eigenvalue weighted by molar-refractivity contribution is 7.90. The van der Waals surface area contributed by atoms with Gasteiger partial charge in [-0.05, 0) is 32.0 Å². The molecule has 0 saturated carbocycles. The summed E-state index contributed by atoms with van der Waals surface area (Å²) >= 11 is 0. The minimum atomic E-state index is -3.55. The van der Waals surface area contributed by atoms with Crippen LogP contribution in [0.3, 0.4) is 0 Å². The fourth-order valence-electron chi connectivity index (χ4n) is 1.41. The number of rotatable bonds is 4. The lowest BCUT2D eigenvalue weighted by Crippen LogP contribution is -2.45. The molecule has 0 atom stereocenters. The summed E-state index contributed by atoms with van der Waals surface area (Å²) in [5, 5.41) is 2.48. The number of hydrogen-bond acceptors (Lipinski definition) is 6. The molecule has 0 saturated heterocycles. The molecule has 0 radical (unpaired) electrons. The molecule has 0 spiro atoms. The van der Waals surface area contributed by atoms with Crippen LogP contribution in [-0.2, 0) is 19.4 Å². The molecule has 0 unspecified atom stereocenters. The molecule has 1 aromatic rings. The average Bonchev–Trinajstić information content (AvgIpc) is 2.35. The molecule has 8 heteroatoms. The van der Waals surface area contributed by atoms with Crippen LogP contribution in [0.1, 0.15) is 24.2 Å². The number of ether oxygens (including phenoxy) is 1. The summed E-state index contributed by atoms with van der Waals surface area (Å²) < 4.78 is 27.8. The fourth-order valence-corrected chi connectivity index (χ4v) is 2.10. The predicted molar refractivity (Wildman–Crippen MR) is 77.8 cm³/mol. The van der Waals surface area contributed by atoms with Crippen LogP contribution in [0.4, 0.5) is 5.69 Å². The first kappa shape index (κ1) is 17.1. The van der Waals surface area contributed by atoms with E-state index in [1.165, 1.54) is 39.2 Å². The number of methoxy groups -OCH3 is 1. The number of amides is 1. The van der Waals surface area contributed by atoms with E-state index in [0.29, 0.717) is 0 Å². The molecule has 1 amide bonds. The third-order valence-corrected chi connectivity index (χ3v) is 3.69. The van der Waals surface area contributed by atoms with Gasteiger partial charge in [0.05, 0.1) is 23.1 Å². The van der Waals surface area contributed by atoms with Crippen LogP contribution in [0.25, 0.3) is 0 Å². The molecule has 0 fully saturated rings. The SMILES string of the molecule is COC(=O)c1cc(NC(=O)C(C)(C)N)cc(S(C)(=O)=O)c1. The largest absolute Gasteiger partial charge is 0.465 e. The molecule has 0 bridgehead atoms. The van der Waals surface area contributed by atoms with Crippen LogP contribution in [0, 0.1) is 0 Å².